The number of hydrogen-bond donors (Lipinski definition) is 2. The van der Waals surface area contributed by atoms with Crippen LogP contribution < -0.4 is 21.1 Å². The first kappa shape index (κ1) is 45.2. The molecule has 4 aromatic rings. The van der Waals surface area contributed by atoms with Crippen LogP contribution in [0, 0.1) is 12.8 Å². The number of carbonyl (C=O) groups is 6. The minimum atomic E-state index is -0.967. The summed E-state index contributed by atoms with van der Waals surface area (Å²) in [7, 11) is 0. The van der Waals surface area contributed by atoms with Crippen LogP contribution in [0.25, 0.3) is 11.0 Å². The number of hydrogen-bond acceptors (Lipinski definition) is 13. The van der Waals surface area contributed by atoms with Crippen molar-refractivity contribution in [1.82, 2.24) is 44.4 Å². The maximum absolute atomic E-state index is 13.6. The monoisotopic (exact) mass is 925 g/mol. The first-order valence-electron chi connectivity index (χ1n) is 24.4. The summed E-state index contributed by atoms with van der Waals surface area (Å²) in [6, 6.07) is 8.52. The van der Waals surface area contributed by atoms with E-state index in [9.17, 15) is 33.6 Å². The molecule has 0 bridgehead atoms. The highest BCUT2D eigenvalue weighted by Gasteiger charge is 2.45. The van der Waals surface area contributed by atoms with Gasteiger partial charge in [-0.1, -0.05) is 18.9 Å². The third-order valence-electron chi connectivity index (χ3n) is 15.4. The highest BCUT2D eigenvalue weighted by Crippen LogP contribution is 2.35. The minimum absolute atomic E-state index is 0.00515. The van der Waals surface area contributed by atoms with Crippen LogP contribution in [-0.4, -0.2) is 140 Å². The number of fused-ring (bicyclic) bond motifs is 2. The number of urea groups is 1. The molecule has 0 radical (unpaired) electrons. The quantitative estimate of drug-likeness (QED) is 0.156. The maximum Gasteiger partial charge on any atom is 0.320 e. The Morgan fingerprint density at radius 2 is 1.50 bits per heavy atom. The number of carbonyl (C=O) groups excluding carboxylic acids is 6. The van der Waals surface area contributed by atoms with Gasteiger partial charge < -0.3 is 24.9 Å². The molecule has 8 heterocycles. The molecule has 68 heavy (non-hydrogen) atoms. The lowest BCUT2D eigenvalue weighted by Crippen LogP contribution is -2.54. The normalized spacial score (nSPS) is 21.2. The summed E-state index contributed by atoms with van der Waals surface area (Å²) in [4.78, 5) is 114. The van der Waals surface area contributed by atoms with Gasteiger partial charge in [0.25, 0.3) is 17.4 Å². The molecule has 356 valence electrons. The van der Waals surface area contributed by atoms with E-state index in [1.165, 1.54) is 6.92 Å². The Kier molecular flexibility index (Phi) is 12.5. The van der Waals surface area contributed by atoms with E-state index >= 15 is 0 Å². The molecule has 5 aliphatic heterocycles. The van der Waals surface area contributed by atoms with Crippen molar-refractivity contribution in [3.8, 4) is 0 Å². The minimum Gasteiger partial charge on any atom is -0.367 e. The van der Waals surface area contributed by atoms with Crippen molar-refractivity contribution in [3.05, 3.63) is 80.9 Å². The van der Waals surface area contributed by atoms with Gasteiger partial charge in [0.2, 0.25) is 17.8 Å². The van der Waals surface area contributed by atoms with E-state index in [0.29, 0.717) is 71.6 Å². The van der Waals surface area contributed by atoms with Crippen molar-refractivity contribution in [2.24, 2.45) is 5.92 Å². The molecule has 18 heteroatoms. The van der Waals surface area contributed by atoms with Crippen LogP contribution in [0.3, 0.4) is 0 Å². The van der Waals surface area contributed by atoms with Gasteiger partial charge in [0.15, 0.2) is 5.78 Å². The van der Waals surface area contributed by atoms with E-state index in [2.05, 4.69) is 30.4 Å². The zero-order chi connectivity index (χ0) is 47.2. The predicted molar refractivity (Wildman–Crippen MR) is 253 cm³/mol. The second kappa shape index (κ2) is 18.8. The molecule has 5 fully saturated rings. The van der Waals surface area contributed by atoms with Gasteiger partial charge in [-0.25, -0.2) is 14.8 Å². The molecule has 10 rings (SSSR count). The Morgan fingerprint density at radius 3 is 2.19 bits per heavy atom. The van der Waals surface area contributed by atoms with Crippen LogP contribution in [0.5, 0.6) is 0 Å². The van der Waals surface area contributed by atoms with Crippen molar-refractivity contribution in [3.63, 3.8) is 0 Å². The number of Topliss-reactive ketones (excluding diaryl/α,β-unsaturated/α-hetero) is 1. The third-order valence-corrected chi connectivity index (χ3v) is 15.4. The van der Waals surface area contributed by atoms with E-state index in [1.807, 2.05) is 40.3 Å². The van der Waals surface area contributed by atoms with Crippen LogP contribution in [0.15, 0.2) is 47.5 Å². The summed E-state index contributed by atoms with van der Waals surface area (Å²) < 4.78 is 1.71. The SMILES string of the molecule is CC(=O)c1c(C)c2cnc(Nc3ccc(N4CCN(C(=O)N5CCC(CCN6CCC(c7ccc8c(c7)C(=O)N(C7CCC(=O)NC7=O)C8=O)CC6)CC5)CC4)cn3)nc2n(C2CCCC2)c1=O. The standard InChI is InChI=1S/C50H59N11O7/c1-30-39-29-52-49(55-44(39)60(35-5-3-4-6-35)48(67)43(30)31(2)62)53-41-11-8-36(28-51-41)57-23-25-59(26-24-57)50(68)58-21-14-32(15-22-58)13-18-56-19-16-33(17-20-56)34-7-9-37-38(27-34)47(66)61(46(37)65)40-10-12-42(63)54-45(40)64/h7-9,11,27-29,32-33,35,40H,3-6,10,12-26H2,1-2H3,(H,54,63,64)(H,51,52,53,55). The molecule has 2 N–H and O–H groups in total. The second-order valence-electron chi connectivity index (χ2n) is 19.5. The number of anilines is 3. The van der Waals surface area contributed by atoms with Gasteiger partial charge >= 0.3 is 6.03 Å². The number of piperidine rings is 3. The topological polar surface area (TPSA) is 203 Å². The van der Waals surface area contributed by atoms with Gasteiger partial charge in [0.1, 0.15) is 17.5 Å². The Balaban J connectivity index is 0.658. The van der Waals surface area contributed by atoms with Gasteiger partial charge in [0, 0.05) is 63.3 Å². The summed E-state index contributed by atoms with van der Waals surface area (Å²) in [5, 5.41) is 6.15. The van der Waals surface area contributed by atoms with Gasteiger partial charge in [-0.05, 0) is 132 Å². The molecule has 1 aromatic carbocycles. The number of aryl methyl sites for hydroxylation is 1. The van der Waals surface area contributed by atoms with Crippen LogP contribution >= 0.6 is 0 Å². The Morgan fingerprint density at radius 1 is 0.779 bits per heavy atom. The van der Waals surface area contributed by atoms with Gasteiger partial charge in [-0.2, -0.15) is 4.98 Å². The summed E-state index contributed by atoms with van der Waals surface area (Å²) in [5.41, 5.74) is 3.71. The van der Waals surface area contributed by atoms with Crippen LogP contribution in [0.2, 0.25) is 0 Å². The highest BCUT2D eigenvalue weighted by molar-refractivity contribution is 6.23. The Hall–Kier alpha value is -6.56. The summed E-state index contributed by atoms with van der Waals surface area (Å²) in [5.74, 6) is -0.448. The number of amides is 6. The lowest BCUT2D eigenvalue weighted by Gasteiger charge is -2.40. The Labute approximate surface area is 394 Å². The highest BCUT2D eigenvalue weighted by atomic mass is 16.2. The first-order chi connectivity index (χ1) is 32.9. The largest absolute Gasteiger partial charge is 0.367 e. The molecule has 1 unspecified atom stereocenters. The number of pyridine rings is 2. The number of rotatable bonds is 10. The van der Waals surface area contributed by atoms with E-state index < -0.39 is 29.7 Å². The summed E-state index contributed by atoms with van der Waals surface area (Å²) in [6.07, 6.45) is 12.5. The van der Waals surface area contributed by atoms with Crippen molar-refractivity contribution in [2.45, 2.75) is 102 Å². The molecule has 1 atom stereocenters. The van der Waals surface area contributed by atoms with Crippen molar-refractivity contribution in [2.75, 3.05) is 69.1 Å². The zero-order valence-corrected chi connectivity index (χ0v) is 38.9. The molecule has 1 saturated carbocycles. The average molecular weight is 926 g/mol. The number of nitrogens with zero attached hydrogens (tertiary/aromatic N) is 9. The van der Waals surface area contributed by atoms with Gasteiger partial charge in [0.05, 0.1) is 28.6 Å². The molecule has 0 spiro atoms. The van der Waals surface area contributed by atoms with Crippen molar-refractivity contribution >= 4 is 63.9 Å². The van der Waals surface area contributed by atoms with E-state index in [-0.39, 0.29) is 47.7 Å². The fraction of sp³-hybridized carbons (Fsp3) is 0.520. The van der Waals surface area contributed by atoms with Crippen molar-refractivity contribution in [1.29, 1.82) is 0 Å². The molecule has 3 aromatic heterocycles. The number of aromatic nitrogens is 4. The van der Waals surface area contributed by atoms with E-state index in [0.717, 1.165) is 107 Å². The average Bonchev–Trinajstić information content (AvgIpc) is 3.97. The molecule has 18 nitrogen and oxygen atoms in total. The first-order valence-corrected chi connectivity index (χ1v) is 24.4. The second-order valence-corrected chi connectivity index (χ2v) is 19.5. The van der Waals surface area contributed by atoms with Crippen LogP contribution in [-0.2, 0) is 9.59 Å². The summed E-state index contributed by atoms with van der Waals surface area (Å²) >= 11 is 0. The molecule has 4 saturated heterocycles. The van der Waals surface area contributed by atoms with E-state index in [4.69, 9.17) is 4.98 Å². The zero-order valence-electron chi connectivity index (χ0n) is 38.9. The lowest BCUT2D eigenvalue weighted by atomic mass is 9.87. The fourth-order valence-electron chi connectivity index (χ4n) is 11.4. The number of nitrogens with one attached hydrogen (secondary N) is 2. The Bertz CT molecular complexity index is 2730. The molecule has 6 aliphatic rings. The maximum atomic E-state index is 13.6. The van der Waals surface area contributed by atoms with Gasteiger partial charge in [-0.15, -0.1) is 0 Å². The summed E-state index contributed by atoms with van der Waals surface area (Å²) in [6.45, 7) is 10.3. The lowest BCUT2D eigenvalue weighted by molar-refractivity contribution is -0.136. The van der Waals surface area contributed by atoms with Crippen molar-refractivity contribution < 1.29 is 28.8 Å². The van der Waals surface area contributed by atoms with Crippen LogP contribution in [0.4, 0.5) is 22.2 Å². The molecular weight excluding hydrogens is 867 g/mol. The van der Waals surface area contributed by atoms with Gasteiger partial charge in [-0.3, -0.25) is 43.6 Å². The molecule has 6 amide bonds. The fourth-order valence-corrected chi connectivity index (χ4v) is 11.4. The number of ketones is 1. The number of likely N-dealkylation sites (tertiary alicyclic amines) is 2. The predicted octanol–water partition coefficient (Wildman–Crippen LogP) is 5.18. The molecular formula is C50H59N11O7. The van der Waals surface area contributed by atoms with Crippen LogP contribution in [0.1, 0.15) is 132 Å². The molecule has 1 aliphatic carbocycles. The number of benzene rings is 1. The third kappa shape index (κ3) is 8.74. The smallest absolute Gasteiger partial charge is 0.320 e. The number of piperazine rings is 1. The number of imide groups is 2. The van der Waals surface area contributed by atoms with E-state index in [1.54, 1.807) is 23.8 Å².